The lowest BCUT2D eigenvalue weighted by Crippen LogP contribution is -2.55. The van der Waals surface area contributed by atoms with E-state index in [4.69, 9.17) is 0 Å². The van der Waals surface area contributed by atoms with Crippen molar-refractivity contribution in [3.63, 3.8) is 0 Å². The summed E-state index contributed by atoms with van der Waals surface area (Å²) in [5.74, 6) is 0.919. The van der Waals surface area contributed by atoms with Crippen LogP contribution in [0.5, 0.6) is 0 Å². The molecule has 0 bridgehead atoms. The van der Waals surface area contributed by atoms with Gasteiger partial charge in [-0.15, -0.1) is 0 Å². The molecule has 1 fully saturated rings. The average molecular weight is 234 g/mol. The summed E-state index contributed by atoms with van der Waals surface area (Å²) in [5, 5.41) is 3.59. The van der Waals surface area contributed by atoms with Crippen LogP contribution in [0.3, 0.4) is 0 Å². The highest BCUT2D eigenvalue weighted by Gasteiger charge is 2.29. The molecule has 1 aromatic rings. The second kappa shape index (κ2) is 5.10. The zero-order valence-electron chi connectivity index (χ0n) is 11.0. The van der Waals surface area contributed by atoms with E-state index in [0.717, 1.165) is 32.0 Å². The molecule has 1 atom stereocenters. The molecule has 0 saturated carbocycles. The number of hydrogen-bond acceptors (Lipinski definition) is 4. The third-order valence-electron chi connectivity index (χ3n) is 3.29. The van der Waals surface area contributed by atoms with Gasteiger partial charge in [-0.2, -0.15) is 0 Å². The average Bonchev–Trinajstić information content (AvgIpc) is 2.29. The Labute approximate surface area is 103 Å². The van der Waals surface area contributed by atoms with E-state index in [1.807, 2.05) is 18.5 Å². The van der Waals surface area contributed by atoms with Gasteiger partial charge in [-0.25, -0.2) is 9.97 Å². The summed E-state index contributed by atoms with van der Waals surface area (Å²) in [7, 11) is 0. The van der Waals surface area contributed by atoms with Crippen molar-refractivity contribution in [2.75, 3.05) is 19.6 Å². The molecule has 0 aliphatic carbocycles. The third kappa shape index (κ3) is 3.48. The fourth-order valence-electron chi connectivity index (χ4n) is 2.15. The van der Waals surface area contributed by atoms with E-state index in [0.29, 0.717) is 11.5 Å². The van der Waals surface area contributed by atoms with Crippen LogP contribution in [0.25, 0.3) is 0 Å². The van der Waals surface area contributed by atoms with Crippen LogP contribution in [-0.2, 0) is 6.54 Å². The smallest absolute Gasteiger partial charge is 0.142 e. The Bertz CT molecular complexity index is 344. The van der Waals surface area contributed by atoms with E-state index < -0.39 is 0 Å². The molecular formula is C13H22N4. The van der Waals surface area contributed by atoms with Gasteiger partial charge in [-0.3, -0.25) is 4.90 Å². The summed E-state index contributed by atoms with van der Waals surface area (Å²) in [6, 6.07) is 2.40. The highest BCUT2D eigenvalue weighted by atomic mass is 15.2. The van der Waals surface area contributed by atoms with Crippen LogP contribution in [0.1, 0.15) is 26.6 Å². The minimum absolute atomic E-state index is 0.302. The van der Waals surface area contributed by atoms with E-state index in [1.165, 1.54) is 0 Å². The van der Waals surface area contributed by atoms with E-state index in [-0.39, 0.29) is 0 Å². The Hall–Kier alpha value is -1.00. The number of hydrogen-bond donors (Lipinski definition) is 1. The first kappa shape index (κ1) is 12.5. The summed E-state index contributed by atoms with van der Waals surface area (Å²) in [5.41, 5.74) is 0.302. The number of nitrogens with one attached hydrogen (secondary N) is 1. The normalized spacial score (nSPS) is 22.6. The lowest BCUT2D eigenvalue weighted by Gasteiger charge is -2.40. The molecular weight excluding hydrogens is 212 g/mol. The van der Waals surface area contributed by atoms with Crippen LogP contribution in [0.15, 0.2) is 18.5 Å². The molecule has 1 saturated heterocycles. The molecule has 0 spiro atoms. The van der Waals surface area contributed by atoms with Crippen molar-refractivity contribution < 1.29 is 0 Å². The molecule has 4 heteroatoms. The minimum Gasteiger partial charge on any atom is -0.311 e. The van der Waals surface area contributed by atoms with Crippen LogP contribution in [0.4, 0.5) is 0 Å². The van der Waals surface area contributed by atoms with Crippen molar-refractivity contribution in [3.05, 3.63) is 24.3 Å². The maximum Gasteiger partial charge on any atom is 0.142 e. The van der Waals surface area contributed by atoms with Crippen LogP contribution in [0, 0.1) is 5.41 Å². The number of rotatable bonds is 2. The van der Waals surface area contributed by atoms with E-state index in [9.17, 15) is 0 Å². The Kier molecular flexibility index (Phi) is 3.74. The Morgan fingerprint density at radius 2 is 2.06 bits per heavy atom. The van der Waals surface area contributed by atoms with Crippen LogP contribution in [-0.4, -0.2) is 40.5 Å². The largest absolute Gasteiger partial charge is 0.311 e. The quantitative estimate of drug-likeness (QED) is 0.837. The van der Waals surface area contributed by atoms with Gasteiger partial charge in [-0.05, 0) is 11.5 Å². The van der Waals surface area contributed by atoms with Gasteiger partial charge in [0.2, 0.25) is 0 Å². The van der Waals surface area contributed by atoms with Crippen molar-refractivity contribution in [1.29, 1.82) is 0 Å². The predicted molar refractivity (Wildman–Crippen MR) is 68.6 cm³/mol. The van der Waals surface area contributed by atoms with Crippen molar-refractivity contribution in [2.24, 2.45) is 5.41 Å². The van der Waals surface area contributed by atoms with Gasteiger partial charge < -0.3 is 5.32 Å². The molecule has 0 amide bonds. The number of piperazine rings is 1. The van der Waals surface area contributed by atoms with Crippen molar-refractivity contribution in [3.8, 4) is 0 Å². The van der Waals surface area contributed by atoms with Gasteiger partial charge in [0.05, 0.1) is 6.54 Å². The van der Waals surface area contributed by atoms with Crippen molar-refractivity contribution in [1.82, 2.24) is 20.2 Å². The maximum absolute atomic E-state index is 4.29. The first-order valence-electron chi connectivity index (χ1n) is 6.27. The number of aromatic nitrogens is 2. The zero-order valence-corrected chi connectivity index (χ0v) is 11.0. The van der Waals surface area contributed by atoms with E-state index in [2.05, 4.69) is 41.0 Å². The second-order valence-corrected chi connectivity index (χ2v) is 5.77. The molecule has 2 rings (SSSR count). The van der Waals surface area contributed by atoms with Crippen molar-refractivity contribution in [2.45, 2.75) is 33.4 Å². The highest BCUT2D eigenvalue weighted by Crippen LogP contribution is 2.22. The molecule has 1 unspecified atom stereocenters. The molecule has 1 N–H and O–H groups in total. The molecule has 1 aromatic heterocycles. The summed E-state index contributed by atoms with van der Waals surface area (Å²) in [6.45, 7) is 10.9. The SMILES string of the molecule is CC(C)(C)C1CN(Cc2ncccn2)CCN1. The molecule has 94 valence electrons. The zero-order chi connectivity index (χ0) is 12.3. The maximum atomic E-state index is 4.29. The Morgan fingerprint density at radius 1 is 1.35 bits per heavy atom. The Balaban J connectivity index is 1.94. The topological polar surface area (TPSA) is 41.1 Å². The molecule has 0 aromatic carbocycles. The van der Waals surface area contributed by atoms with Gasteiger partial charge in [0.25, 0.3) is 0 Å². The second-order valence-electron chi connectivity index (χ2n) is 5.77. The molecule has 1 aliphatic rings. The minimum atomic E-state index is 0.302. The highest BCUT2D eigenvalue weighted by molar-refractivity contribution is 4.92. The first-order valence-corrected chi connectivity index (χ1v) is 6.27. The molecule has 0 radical (unpaired) electrons. The van der Waals surface area contributed by atoms with Gasteiger partial charge in [-0.1, -0.05) is 20.8 Å². The summed E-state index contributed by atoms with van der Waals surface area (Å²) in [6.07, 6.45) is 3.62. The van der Waals surface area contributed by atoms with Crippen LogP contribution >= 0.6 is 0 Å². The molecule has 17 heavy (non-hydrogen) atoms. The molecule has 4 nitrogen and oxygen atoms in total. The summed E-state index contributed by atoms with van der Waals surface area (Å²) in [4.78, 5) is 11.0. The first-order chi connectivity index (χ1) is 8.05. The third-order valence-corrected chi connectivity index (χ3v) is 3.29. The lowest BCUT2D eigenvalue weighted by atomic mass is 9.85. The fourth-order valence-corrected chi connectivity index (χ4v) is 2.15. The lowest BCUT2D eigenvalue weighted by molar-refractivity contribution is 0.127. The number of nitrogens with zero attached hydrogens (tertiary/aromatic N) is 3. The monoisotopic (exact) mass is 234 g/mol. The van der Waals surface area contributed by atoms with Crippen LogP contribution in [0.2, 0.25) is 0 Å². The fraction of sp³-hybridized carbons (Fsp3) is 0.692. The van der Waals surface area contributed by atoms with Crippen LogP contribution < -0.4 is 5.32 Å². The van der Waals surface area contributed by atoms with Gasteiger partial charge in [0, 0.05) is 38.1 Å². The standard InChI is InChI=1S/C13H22N4/c1-13(2,3)11-9-17(8-7-14-11)10-12-15-5-4-6-16-12/h4-6,11,14H,7-10H2,1-3H3. The molecule has 1 aliphatic heterocycles. The van der Waals surface area contributed by atoms with Crippen molar-refractivity contribution >= 4 is 0 Å². The van der Waals surface area contributed by atoms with E-state index in [1.54, 1.807) is 0 Å². The predicted octanol–water partition coefficient (Wildman–Crippen LogP) is 1.30. The van der Waals surface area contributed by atoms with Gasteiger partial charge in [0.15, 0.2) is 0 Å². The Morgan fingerprint density at radius 3 is 2.71 bits per heavy atom. The van der Waals surface area contributed by atoms with Gasteiger partial charge >= 0.3 is 0 Å². The van der Waals surface area contributed by atoms with E-state index >= 15 is 0 Å². The summed E-state index contributed by atoms with van der Waals surface area (Å²) >= 11 is 0. The molecule has 2 heterocycles. The van der Waals surface area contributed by atoms with Gasteiger partial charge in [0.1, 0.15) is 5.82 Å². The summed E-state index contributed by atoms with van der Waals surface area (Å²) < 4.78 is 0.